The van der Waals surface area contributed by atoms with Crippen molar-refractivity contribution in [3.63, 3.8) is 0 Å². The Morgan fingerprint density at radius 3 is 2.46 bits per heavy atom. The first-order valence-corrected chi connectivity index (χ1v) is 8.98. The lowest BCUT2D eigenvalue weighted by molar-refractivity contribution is 0.628. The maximum atomic E-state index is 13.3. The Balaban J connectivity index is 2.05. The molecule has 0 unspecified atom stereocenters. The first-order chi connectivity index (χ1) is 12.6. The molecule has 0 aliphatic rings. The summed E-state index contributed by atoms with van der Waals surface area (Å²) in [7, 11) is 0. The van der Waals surface area contributed by atoms with E-state index in [1.54, 1.807) is 23.9 Å². The zero-order valence-electron chi connectivity index (χ0n) is 13.7. The van der Waals surface area contributed by atoms with Gasteiger partial charge in [-0.3, -0.25) is 14.5 Å². The van der Waals surface area contributed by atoms with Crippen molar-refractivity contribution in [1.29, 1.82) is 0 Å². The summed E-state index contributed by atoms with van der Waals surface area (Å²) in [6.45, 7) is 0. The van der Waals surface area contributed by atoms with Crippen LogP contribution in [0.4, 0.5) is 10.2 Å². The molecule has 4 aromatic rings. The molecule has 6 nitrogen and oxygen atoms in total. The van der Waals surface area contributed by atoms with Crippen molar-refractivity contribution in [2.24, 2.45) is 0 Å². The lowest BCUT2D eigenvalue weighted by Gasteiger charge is -2.13. The molecular weight excluding hydrogens is 353 g/mol. The Morgan fingerprint density at radius 1 is 1.12 bits per heavy atom. The fourth-order valence-electron chi connectivity index (χ4n) is 2.77. The maximum absolute atomic E-state index is 13.3. The van der Waals surface area contributed by atoms with Crippen LogP contribution in [0.25, 0.3) is 28.1 Å². The smallest absolute Gasteiger partial charge is 0.271 e. The fourth-order valence-corrected chi connectivity index (χ4v) is 3.17. The summed E-state index contributed by atoms with van der Waals surface area (Å²) >= 11 is 1.61. The van der Waals surface area contributed by atoms with Crippen molar-refractivity contribution in [2.45, 2.75) is 4.90 Å². The Hall–Kier alpha value is -3.13. The number of thioether (sulfide) groups is 1. The van der Waals surface area contributed by atoms with Gasteiger partial charge in [-0.15, -0.1) is 11.8 Å². The summed E-state index contributed by atoms with van der Waals surface area (Å²) in [6.07, 6.45) is 1.98. The van der Waals surface area contributed by atoms with Crippen molar-refractivity contribution >= 4 is 28.6 Å². The minimum absolute atomic E-state index is 0.0950. The molecule has 3 N–H and O–H groups in total. The number of rotatable bonds is 3. The van der Waals surface area contributed by atoms with Gasteiger partial charge in [-0.25, -0.2) is 9.37 Å². The van der Waals surface area contributed by atoms with Gasteiger partial charge in [0, 0.05) is 10.5 Å². The van der Waals surface area contributed by atoms with Crippen molar-refractivity contribution in [1.82, 2.24) is 19.7 Å². The summed E-state index contributed by atoms with van der Waals surface area (Å²) in [5, 5.41) is 6.78. The van der Waals surface area contributed by atoms with Crippen LogP contribution in [0.1, 0.15) is 0 Å². The number of nitrogens with one attached hydrogen (secondary N) is 1. The number of aromatic nitrogens is 4. The normalized spacial score (nSPS) is 11.2. The van der Waals surface area contributed by atoms with Crippen LogP contribution < -0.4 is 11.3 Å². The van der Waals surface area contributed by atoms with E-state index < -0.39 is 0 Å². The van der Waals surface area contributed by atoms with Crippen LogP contribution in [-0.2, 0) is 0 Å². The maximum Gasteiger partial charge on any atom is 0.271 e. The second kappa shape index (κ2) is 6.30. The highest BCUT2D eigenvalue weighted by atomic mass is 32.2. The summed E-state index contributed by atoms with van der Waals surface area (Å²) in [5.74, 6) is 0.111. The topological polar surface area (TPSA) is 89.6 Å². The first kappa shape index (κ1) is 16.3. The van der Waals surface area contributed by atoms with Gasteiger partial charge in [-0.1, -0.05) is 0 Å². The molecule has 2 aromatic heterocycles. The van der Waals surface area contributed by atoms with Crippen LogP contribution in [0.5, 0.6) is 0 Å². The van der Waals surface area contributed by atoms with E-state index in [0.29, 0.717) is 22.7 Å². The third-order valence-electron chi connectivity index (χ3n) is 4.05. The Bertz CT molecular complexity index is 1150. The van der Waals surface area contributed by atoms with Crippen molar-refractivity contribution in [3.8, 4) is 17.1 Å². The number of hydrogen-bond donors (Lipinski definition) is 2. The molecule has 0 aliphatic carbocycles. The number of anilines is 1. The predicted molar refractivity (Wildman–Crippen MR) is 101 cm³/mol. The number of hydrogen-bond acceptors (Lipinski definition) is 5. The lowest BCUT2D eigenvalue weighted by atomic mass is 10.2. The Morgan fingerprint density at radius 2 is 1.81 bits per heavy atom. The van der Waals surface area contributed by atoms with E-state index in [1.807, 2.05) is 30.5 Å². The summed E-state index contributed by atoms with van der Waals surface area (Å²) < 4.78 is 14.8. The SMILES string of the molecule is CSc1ccc(-n2c(-c3ccc(F)cc3)nc3[nH]nc(N)c3c2=O)cc1. The van der Waals surface area contributed by atoms with Gasteiger partial charge in [0.1, 0.15) is 17.0 Å². The summed E-state index contributed by atoms with van der Waals surface area (Å²) in [5.41, 5.74) is 7.03. The van der Waals surface area contributed by atoms with Gasteiger partial charge in [0.15, 0.2) is 11.5 Å². The van der Waals surface area contributed by atoms with Crippen LogP contribution in [0.3, 0.4) is 0 Å². The molecule has 0 saturated heterocycles. The minimum atomic E-state index is -0.362. The van der Waals surface area contributed by atoms with Crippen LogP contribution in [0.2, 0.25) is 0 Å². The average Bonchev–Trinajstić information content (AvgIpc) is 3.03. The number of H-pyrrole nitrogens is 1. The van der Waals surface area contributed by atoms with Gasteiger partial charge in [-0.2, -0.15) is 5.10 Å². The second-order valence-corrected chi connectivity index (χ2v) is 6.49. The predicted octanol–water partition coefficient (Wildman–Crippen LogP) is 3.22. The standard InChI is InChI=1S/C18H14FN5OS/c1-26-13-8-6-12(7-9-13)24-17(10-2-4-11(19)5-3-10)21-16-14(18(24)25)15(20)22-23-16/h2-9H,1H3,(H3,20,22,23). The quantitative estimate of drug-likeness (QED) is 0.543. The van der Waals surface area contributed by atoms with Crippen LogP contribution in [-0.4, -0.2) is 26.0 Å². The molecule has 0 bridgehead atoms. The zero-order valence-corrected chi connectivity index (χ0v) is 14.5. The monoisotopic (exact) mass is 367 g/mol. The highest BCUT2D eigenvalue weighted by molar-refractivity contribution is 7.98. The van der Waals surface area contributed by atoms with Crippen molar-refractivity contribution < 1.29 is 4.39 Å². The van der Waals surface area contributed by atoms with Gasteiger partial charge in [0.05, 0.1) is 5.69 Å². The number of nitrogens with two attached hydrogens (primary N) is 1. The Labute approximate surface area is 151 Å². The summed E-state index contributed by atoms with van der Waals surface area (Å²) in [4.78, 5) is 18.7. The number of nitrogen functional groups attached to an aromatic ring is 1. The molecule has 0 radical (unpaired) electrons. The van der Waals surface area contributed by atoms with E-state index in [9.17, 15) is 9.18 Å². The molecule has 0 spiro atoms. The molecule has 2 aromatic carbocycles. The van der Waals surface area contributed by atoms with Crippen molar-refractivity contribution in [3.05, 3.63) is 64.7 Å². The van der Waals surface area contributed by atoms with Crippen molar-refractivity contribution in [2.75, 3.05) is 12.0 Å². The van der Waals surface area contributed by atoms with Gasteiger partial charge in [-0.05, 0) is 54.8 Å². The number of aromatic amines is 1. The second-order valence-electron chi connectivity index (χ2n) is 5.61. The van der Waals surface area contributed by atoms with E-state index in [-0.39, 0.29) is 22.6 Å². The molecule has 130 valence electrons. The van der Waals surface area contributed by atoms with Crippen LogP contribution in [0, 0.1) is 5.82 Å². The largest absolute Gasteiger partial charge is 0.381 e. The molecule has 8 heteroatoms. The van der Waals surface area contributed by atoms with Gasteiger partial charge >= 0.3 is 0 Å². The molecule has 0 amide bonds. The molecule has 0 atom stereocenters. The van der Waals surface area contributed by atoms with Gasteiger partial charge in [0.2, 0.25) is 0 Å². The zero-order chi connectivity index (χ0) is 18.3. The number of fused-ring (bicyclic) bond motifs is 1. The minimum Gasteiger partial charge on any atom is -0.381 e. The Kier molecular flexibility index (Phi) is 3.96. The lowest BCUT2D eigenvalue weighted by Crippen LogP contribution is -2.22. The van der Waals surface area contributed by atoms with Crippen LogP contribution >= 0.6 is 11.8 Å². The average molecular weight is 367 g/mol. The van der Waals surface area contributed by atoms with Crippen LogP contribution in [0.15, 0.2) is 58.2 Å². The highest BCUT2D eigenvalue weighted by Gasteiger charge is 2.18. The van der Waals surface area contributed by atoms with E-state index in [0.717, 1.165) is 4.90 Å². The van der Waals surface area contributed by atoms with E-state index in [2.05, 4.69) is 15.2 Å². The van der Waals surface area contributed by atoms with Gasteiger partial charge in [0.25, 0.3) is 5.56 Å². The first-order valence-electron chi connectivity index (χ1n) is 7.75. The van der Waals surface area contributed by atoms with E-state index in [4.69, 9.17) is 5.73 Å². The highest BCUT2D eigenvalue weighted by Crippen LogP contribution is 2.24. The molecule has 2 heterocycles. The molecule has 0 saturated carbocycles. The van der Waals surface area contributed by atoms with Gasteiger partial charge < -0.3 is 5.73 Å². The third kappa shape index (κ3) is 2.64. The van der Waals surface area contributed by atoms with E-state index >= 15 is 0 Å². The summed E-state index contributed by atoms with van der Waals surface area (Å²) in [6, 6.07) is 13.3. The fraction of sp³-hybridized carbons (Fsp3) is 0.0556. The number of nitrogens with zero attached hydrogens (tertiary/aromatic N) is 3. The molecular formula is C18H14FN5OS. The third-order valence-corrected chi connectivity index (χ3v) is 4.80. The molecule has 4 rings (SSSR count). The molecule has 0 aliphatic heterocycles. The van der Waals surface area contributed by atoms with E-state index in [1.165, 1.54) is 16.7 Å². The number of benzene rings is 2. The molecule has 26 heavy (non-hydrogen) atoms. The number of halogens is 1. The molecule has 0 fully saturated rings.